The Balaban J connectivity index is 1.05. The normalized spacial score (nSPS) is 14.3. The Kier molecular flexibility index (Phi) is 7.13. The van der Waals surface area contributed by atoms with Crippen molar-refractivity contribution in [1.82, 2.24) is 0 Å². The highest BCUT2D eigenvalue weighted by Gasteiger charge is 2.52. The molecule has 1 spiro atoms. The van der Waals surface area contributed by atoms with E-state index in [4.69, 9.17) is 4.42 Å². The van der Waals surface area contributed by atoms with E-state index in [1.165, 1.54) is 77.5 Å². The molecule has 300 valence electrons. The van der Waals surface area contributed by atoms with E-state index in [0.29, 0.717) is 0 Å². The molecule has 0 saturated carbocycles. The van der Waals surface area contributed by atoms with E-state index in [1.807, 2.05) is 0 Å². The van der Waals surface area contributed by atoms with Gasteiger partial charge < -0.3 is 9.32 Å². The largest absolute Gasteiger partial charge is 0.456 e. The summed E-state index contributed by atoms with van der Waals surface area (Å²) in [5, 5.41) is 4.64. The summed E-state index contributed by atoms with van der Waals surface area (Å²) in [7, 11) is 0. The quantitative estimate of drug-likeness (QED) is 0.176. The number of hydrogen-bond acceptors (Lipinski definition) is 2. The summed E-state index contributed by atoms with van der Waals surface area (Å²) in [6, 6.07) is 79.1. The molecule has 2 heteroatoms. The number of nitrogens with zero attached hydrogens (tertiary/aromatic N) is 1. The average molecular weight is 816 g/mol. The average Bonchev–Trinajstić information content (AvgIpc) is 4.03. The smallest absolute Gasteiger partial charge is 0.136 e. The zero-order valence-corrected chi connectivity index (χ0v) is 35.6. The van der Waals surface area contributed by atoms with E-state index in [9.17, 15) is 0 Å². The molecular weight excluding hydrogens is 775 g/mol. The first-order chi connectivity index (χ1) is 31.5. The first-order valence-corrected chi connectivity index (χ1v) is 22.4. The third-order valence-corrected chi connectivity index (χ3v) is 14.9. The van der Waals surface area contributed by atoms with Crippen molar-refractivity contribution in [2.45, 2.75) is 24.7 Å². The van der Waals surface area contributed by atoms with Gasteiger partial charge in [0.15, 0.2) is 0 Å². The van der Waals surface area contributed by atoms with Gasteiger partial charge in [0.25, 0.3) is 0 Å². The van der Waals surface area contributed by atoms with Crippen molar-refractivity contribution in [3.8, 4) is 44.5 Å². The maximum Gasteiger partial charge on any atom is 0.136 e. The highest BCUT2D eigenvalue weighted by Crippen LogP contribution is 2.65. The minimum atomic E-state index is -0.459. The standard InChI is InChI=1S/C62H41NO/c1-61(2)50-23-10-5-19-43(50)46-32-31-41(37-55(46)61)63(56-28-14-9-18-42(56)40-30-33-58-48(35-40)49-34-38-16-3-4-17-39(38)36-59(49)64-58)57-29-15-27-54-60(57)47-22-8-13-26-53(47)62(54)51-24-11-6-20-44(51)45-21-7-12-25-52(45)62/h3-37H,1-2H3. The van der Waals surface area contributed by atoms with Crippen LogP contribution in [0, 0.1) is 0 Å². The van der Waals surface area contributed by atoms with Gasteiger partial charge in [-0.05, 0) is 126 Å². The Morgan fingerprint density at radius 1 is 0.359 bits per heavy atom. The number of furan rings is 1. The van der Waals surface area contributed by atoms with Crippen molar-refractivity contribution in [3.63, 3.8) is 0 Å². The first-order valence-electron chi connectivity index (χ1n) is 22.4. The fourth-order valence-corrected chi connectivity index (χ4v) is 12.1. The molecule has 0 saturated heterocycles. The number of benzene rings is 10. The van der Waals surface area contributed by atoms with Gasteiger partial charge in [-0.15, -0.1) is 0 Å². The Morgan fingerprint density at radius 2 is 0.891 bits per heavy atom. The van der Waals surface area contributed by atoms with Crippen molar-refractivity contribution >= 4 is 49.8 Å². The van der Waals surface area contributed by atoms with Crippen molar-refractivity contribution in [2.75, 3.05) is 4.90 Å². The second kappa shape index (κ2) is 12.8. The summed E-state index contributed by atoms with van der Waals surface area (Å²) in [5.41, 5.74) is 22.7. The molecule has 14 rings (SSSR count). The number of hydrogen-bond donors (Lipinski definition) is 0. The molecule has 3 aliphatic carbocycles. The molecule has 0 atom stereocenters. The Hall–Kier alpha value is -7.94. The molecule has 1 heterocycles. The second-order valence-electron chi connectivity index (χ2n) is 18.3. The molecule has 64 heavy (non-hydrogen) atoms. The zero-order valence-electron chi connectivity index (χ0n) is 35.6. The van der Waals surface area contributed by atoms with Crippen LogP contribution in [0.1, 0.15) is 47.2 Å². The van der Waals surface area contributed by atoms with Gasteiger partial charge in [0.2, 0.25) is 0 Å². The van der Waals surface area contributed by atoms with Gasteiger partial charge in [-0.3, -0.25) is 0 Å². The molecule has 11 aromatic rings. The van der Waals surface area contributed by atoms with Gasteiger partial charge in [-0.2, -0.15) is 0 Å². The van der Waals surface area contributed by atoms with Crippen molar-refractivity contribution < 1.29 is 4.42 Å². The highest BCUT2D eigenvalue weighted by atomic mass is 16.3. The maximum atomic E-state index is 6.53. The summed E-state index contributed by atoms with van der Waals surface area (Å²) in [4.78, 5) is 2.56. The maximum absolute atomic E-state index is 6.53. The van der Waals surface area contributed by atoms with E-state index >= 15 is 0 Å². The summed E-state index contributed by atoms with van der Waals surface area (Å²) in [5.74, 6) is 0. The van der Waals surface area contributed by atoms with Crippen molar-refractivity contribution in [1.29, 1.82) is 0 Å². The number of rotatable bonds is 4. The van der Waals surface area contributed by atoms with Crippen LogP contribution in [-0.2, 0) is 10.8 Å². The first kappa shape index (κ1) is 35.6. The highest BCUT2D eigenvalue weighted by molar-refractivity contribution is 6.11. The van der Waals surface area contributed by atoms with Crippen molar-refractivity contribution in [2.24, 2.45) is 0 Å². The third-order valence-electron chi connectivity index (χ3n) is 14.9. The van der Waals surface area contributed by atoms with Crippen molar-refractivity contribution in [3.05, 3.63) is 246 Å². The van der Waals surface area contributed by atoms with Crippen LogP contribution in [0.3, 0.4) is 0 Å². The molecule has 3 aliphatic rings. The summed E-state index contributed by atoms with van der Waals surface area (Å²) < 4.78 is 6.53. The lowest BCUT2D eigenvalue weighted by atomic mass is 9.70. The summed E-state index contributed by atoms with van der Waals surface area (Å²) in [6.45, 7) is 4.76. The molecule has 0 bridgehead atoms. The number of para-hydroxylation sites is 1. The fourth-order valence-electron chi connectivity index (χ4n) is 12.1. The second-order valence-corrected chi connectivity index (χ2v) is 18.3. The number of anilines is 3. The van der Waals surface area contributed by atoms with Crippen LogP contribution in [-0.4, -0.2) is 0 Å². The lowest BCUT2D eigenvalue weighted by Gasteiger charge is -2.33. The van der Waals surface area contributed by atoms with E-state index in [-0.39, 0.29) is 5.41 Å². The van der Waals surface area contributed by atoms with E-state index in [0.717, 1.165) is 50.1 Å². The van der Waals surface area contributed by atoms with Gasteiger partial charge in [-0.1, -0.05) is 178 Å². The molecule has 0 radical (unpaired) electrons. The predicted molar refractivity (Wildman–Crippen MR) is 265 cm³/mol. The van der Waals surface area contributed by atoms with Gasteiger partial charge in [0.1, 0.15) is 11.2 Å². The molecule has 0 amide bonds. The molecule has 2 nitrogen and oxygen atoms in total. The summed E-state index contributed by atoms with van der Waals surface area (Å²) in [6.07, 6.45) is 0. The zero-order chi connectivity index (χ0) is 42.3. The van der Waals surface area contributed by atoms with Crippen LogP contribution in [0.25, 0.3) is 77.2 Å². The molecular formula is C62H41NO. The molecule has 1 aromatic heterocycles. The van der Waals surface area contributed by atoms with E-state index in [1.54, 1.807) is 0 Å². The van der Waals surface area contributed by atoms with Gasteiger partial charge in [0, 0.05) is 33.0 Å². The Labute approximate surface area is 372 Å². The van der Waals surface area contributed by atoms with Crippen LogP contribution in [0.15, 0.2) is 217 Å². The van der Waals surface area contributed by atoms with Crippen LogP contribution in [0.5, 0.6) is 0 Å². The minimum Gasteiger partial charge on any atom is -0.456 e. The van der Waals surface area contributed by atoms with Crippen LogP contribution in [0.2, 0.25) is 0 Å². The Morgan fingerprint density at radius 3 is 1.62 bits per heavy atom. The van der Waals surface area contributed by atoms with Gasteiger partial charge >= 0.3 is 0 Å². The lowest BCUT2D eigenvalue weighted by molar-refractivity contribution is 0.660. The van der Waals surface area contributed by atoms with Gasteiger partial charge in [-0.25, -0.2) is 0 Å². The Bertz CT molecular complexity index is 3740. The molecule has 0 N–H and O–H groups in total. The minimum absolute atomic E-state index is 0.169. The van der Waals surface area contributed by atoms with E-state index < -0.39 is 5.41 Å². The molecule has 0 unspecified atom stereocenters. The predicted octanol–water partition coefficient (Wildman–Crippen LogP) is 16.5. The van der Waals surface area contributed by atoms with E-state index in [2.05, 4.69) is 231 Å². The van der Waals surface area contributed by atoms with Crippen LogP contribution < -0.4 is 4.90 Å². The molecule has 10 aromatic carbocycles. The fraction of sp³-hybridized carbons (Fsp3) is 0.0645. The molecule has 0 aliphatic heterocycles. The van der Waals surface area contributed by atoms with Crippen LogP contribution >= 0.6 is 0 Å². The van der Waals surface area contributed by atoms with Gasteiger partial charge in [0.05, 0.1) is 16.8 Å². The third kappa shape index (κ3) is 4.59. The summed E-state index contributed by atoms with van der Waals surface area (Å²) >= 11 is 0. The van der Waals surface area contributed by atoms with Crippen LogP contribution in [0.4, 0.5) is 17.1 Å². The number of fused-ring (bicyclic) bond motifs is 17. The SMILES string of the molecule is CC1(C)c2ccccc2-c2ccc(N(c3ccccc3-c3ccc4oc5cc6ccccc6cc5c4c3)c3cccc4c3-c3ccccc3C43c4ccccc4-c4ccccc43)cc21. The lowest BCUT2D eigenvalue weighted by Crippen LogP contribution is -2.26. The monoisotopic (exact) mass is 815 g/mol. The molecule has 0 fully saturated rings. The topological polar surface area (TPSA) is 16.4 Å².